The fraction of sp³-hybridized carbons (Fsp3) is 0.457. The third kappa shape index (κ3) is 26.0. The summed E-state index contributed by atoms with van der Waals surface area (Å²) < 4.78 is 117. The van der Waals surface area contributed by atoms with Crippen LogP contribution in [0.4, 0.5) is 17.8 Å². The van der Waals surface area contributed by atoms with E-state index >= 15 is 0 Å². The van der Waals surface area contributed by atoms with E-state index in [1.54, 1.807) is 68.6 Å². The van der Waals surface area contributed by atoms with Crippen LogP contribution in [0.3, 0.4) is 0 Å². The Morgan fingerprint density at radius 1 is 0.418 bits per heavy atom. The zero-order valence-corrected chi connectivity index (χ0v) is 86.1. The van der Waals surface area contributed by atoms with Crippen molar-refractivity contribution in [2.45, 2.75) is 220 Å². The quantitative estimate of drug-likeness (QED) is 0.0282. The van der Waals surface area contributed by atoms with Crippen molar-refractivity contribution in [3.8, 4) is 0 Å². The standard InChI is InChI=1S/C24H31N5O4S.2C21H25N5O5S.C17H23N3O4S.C7H9ClN2.2CO2.Li.H2O/c1-7-17-12-25-24(26-15(17)4)29-9-8-28-20-11-21(34(6,31)32)18(13-33-16(5)30)10-19(20)27-23(28)22(29)14(2)3;2*1-11(2)18-19-24-15-7-13(10-27)17(32(4,30)31)8-16(15)25(19)5-6-26(18)21-22-9-14(20(28)29)12(3)23-21;1-10(2)16-17-19-13-7-12(9-24-11(3)21)15(25(4,22)23)8-14(13)20(17)6-5-18-16;1-3-6-4-9-7(8)10-5(6)2;2*2-1-3;;/h10-12,14,22H,7-9,13H2,1-6H3;2*7-9,11,18,27H,5-6,10H2,1-4H3,(H,28,29);7-8,10,16,18H,5-6,9H2,1-4H3;4H,3H2,1-2H3;;;;1H2/q;;;;;;;+1;/p-1/t22-;2*18-;16-;;;;;/m1101...../s1. The topological polar surface area (TPSA) is 599 Å². The number of hydrogen-bond donors (Lipinski definition) is 5. The van der Waals surface area contributed by atoms with E-state index in [0.29, 0.717) is 130 Å². The molecule has 43 nitrogen and oxygen atoms in total. The predicted octanol–water partition coefficient (Wildman–Crippen LogP) is 6.74. The minimum atomic E-state index is -3.54. The minimum absolute atomic E-state index is 0. The van der Waals surface area contributed by atoms with Crippen LogP contribution >= 0.6 is 11.6 Å². The second-order valence-corrected chi connectivity index (χ2v) is 43.2. The molecular formula is C92H114ClLiN20O23S4. The number of nitrogens with one attached hydrogen (secondary N) is 1. The van der Waals surface area contributed by atoms with Gasteiger partial charge in [0, 0.05) is 139 Å². The Bertz CT molecular complexity index is 7050. The normalized spacial score (nSPS) is 15.4. The summed E-state index contributed by atoms with van der Waals surface area (Å²) >= 11 is 5.55. The van der Waals surface area contributed by atoms with Crippen LogP contribution in [0.5, 0.6) is 0 Å². The van der Waals surface area contributed by atoms with E-state index < -0.39 is 76.4 Å². The van der Waals surface area contributed by atoms with Crippen LogP contribution in [0, 0.1) is 51.4 Å². The van der Waals surface area contributed by atoms with Crippen molar-refractivity contribution in [2.75, 3.05) is 65.9 Å². The molecule has 0 unspecified atom stereocenters. The number of hydrogen-bond acceptors (Lipinski definition) is 37. The van der Waals surface area contributed by atoms with E-state index in [0.717, 1.165) is 113 Å². The van der Waals surface area contributed by atoms with Gasteiger partial charge in [0.05, 0.1) is 124 Å². The Balaban J connectivity index is 0.000000218. The minimum Gasteiger partial charge on any atom is -0.870 e. The second-order valence-electron chi connectivity index (χ2n) is 34.9. The number of anilines is 3. The zero-order valence-electron chi connectivity index (χ0n) is 82.0. The Hall–Kier alpha value is -12.4. The number of halogens is 1. The van der Waals surface area contributed by atoms with Gasteiger partial charge in [0.25, 0.3) is 0 Å². The monoisotopic (exact) mass is 2040 g/mol. The fourth-order valence-corrected chi connectivity index (χ4v) is 21.2. The molecule has 16 rings (SSSR count). The first-order valence-electron chi connectivity index (χ1n) is 44.2. The molecule has 0 fully saturated rings. The molecule has 4 aliphatic rings. The molecule has 0 saturated carbocycles. The van der Waals surface area contributed by atoms with Gasteiger partial charge in [-0.15, -0.1) is 0 Å². The van der Waals surface area contributed by atoms with Gasteiger partial charge in [0.1, 0.15) is 36.5 Å². The number of aromatic carboxylic acids is 2. The first-order chi connectivity index (χ1) is 65.3. The number of nitrogens with zero attached hydrogens (tertiary/aromatic N) is 19. The largest absolute Gasteiger partial charge is 1.00 e. The van der Waals surface area contributed by atoms with Crippen LogP contribution in [-0.4, -0.2) is 225 Å². The maximum atomic E-state index is 12.5. The number of rotatable bonds is 21. The summed E-state index contributed by atoms with van der Waals surface area (Å²) in [6.07, 6.45) is 13.2. The number of aromatic nitrogens is 16. The zero-order chi connectivity index (χ0) is 103. The van der Waals surface area contributed by atoms with E-state index in [1.165, 1.54) is 26.2 Å². The van der Waals surface area contributed by atoms with Gasteiger partial charge < -0.3 is 73.7 Å². The van der Waals surface area contributed by atoms with Crippen molar-refractivity contribution in [1.82, 2.24) is 83.4 Å². The van der Waals surface area contributed by atoms with Crippen LogP contribution in [0.1, 0.15) is 207 Å². The number of fused-ring (bicyclic) bond motifs is 12. The molecule has 12 aromatic rings. The number of ether oxygens (including phenoxy) is 2. The van der Waals surface area contributed by atoms with Crippen molar-refractivity contribution in [1.29, 1.82) is 0 Å². The van der Waals surface area contributed by atoms with Crippen LogP contribution < -0.4 is 38.9 Å². The summed E-state index contributed by atoms with van der Waals surface area (Å²) in [4.78, 5) is 138. The van der Waals surface area contributed by atoms with Gasteiger partial charge >= 0.3 is 55.0 Å². The van der Waals surface area contributed by atoms with Crippen molar-refractivity contribution < 1.29 is 126 Å². The van der Waals surface area contributed by atoms with Crippen LogP contribution in [-0.2, 0) is 143 Å². The number of carbonyl (C=O) groups excluding carboxylic acids is 6. The summed E-state index contributed by atoms with van der Waals surface area (Å²) in [6.45, 7) is 34.7. The van der Waals surface area contributed by atoms with Crippen molar-refractivity contribution in [3.63, 3.8) is 0 Å². The van der Waals surface area contributed by atoms with Crippen molar-refractivity contribution >= 4 is 149 Å². The Kier molecular flexibility index (Phi) is 38.4. The van der Waals surface area contributed by atoms with Crippen molar-refractivity contribution in [2.24, 2.45) is 23.7 Å². The average Bonchev–Trinajstić information content (AvgIpc) is 1.60. The van der Waals surface area contributed by atoms with Crippen LogP contribution in [0.25, 0.3) is 44.1 Å². The van der Waals surface area contributed by atoms with Crippen LogP contribution in [0.2, 0.25) is 5.28 Å². The number of esters is 2. The van der Waals surface area contributed by atoms with Gasteiger partial charge in [0.2, 0.25) is 23.1 Å². The predicted molar refractivity (Wildman–Crippen MR) is 511 cm³/mol. The molecule has 0 radical (unpaired) electrons. The molecule has 0 spiro atoms. The van der Waals surface area contributed by atoms with Crippen LogP contribution in [0.15, 0.2) is 92.9 Å². The Morgan fingerprint density at radius 3 is 0.972 bits per heavy atom. The van der Waals surface area contributed by atoms with Gasteiger partial charge in [0.15, 0.2) is 39.3 Å². The van der Waals surface area contributed by atoms with Gasteiger partial charge in [-0.05, 0) is 147 Å². The Morgan fingerprint density at radius 2 is 0.702 bits per heavy atom. The molecule has 4 aliphatic heterocycles. The number of aliphatic hydroxyl groups excluding tert-OH is 2. The van der Waals surface area contributed by atoms with E-state index in [4.69, 9.17) is 65.2 Å². The number of carbonyl (C=O) groups is 4. The molecular weight excluding hydrogens is 1920 g/mol. The van der Waals surface area contributed by atoms with E-state index in [9.17, 15) is 73.3 Å². The van der Waals surface area contributed by atoms with E-state index in [-0.39, 0.29) is 122 Å². The molecule has 8 aromatic heterocycles. The number of aryl methyl sites for hydroxylation is 6. The first-order valence-corrected chi connectivity index (χ1v) is 52.1. The second kappa shape index (κ2) is 47.5. The molecule has 6 N–H and O–H groups in total. The summed E-state index contributed by atoms with van der Waals surface area (Å²) in [7, 11) is -14.0. The number of benzene rings is 4. The van der Waals surface area contributed by atoms with Gasteiger partial charge in [-0.25, -0.2) is 103 Å². The van der Waals surface area contributed by atoms with E-state index in [1.807, 2.05) is 66.7 Å². The maximum absolute atomic E-state index is 12.5. The van der Waals surface area contributed by atoms with Gasteiger partial charge in [-0.2, -0.15) is 19.2 Å². The molecule has 0 saturated heterocycles. The number of imidazole rings is 4. The summed E-state index contributed by atoms with van der Waals surface area (Å²) in [5.74, 6) is 2.53. The molecule has 4 aromatic carbocycles. The fourth-order valence-electron chi connectivity index (χ4n) is 17.4. The molecule has 0 aliphatic carbocycles. The number of aliphatic hydroxyl groups is 2. The molecule has 0 amide bonds. The van der Waals surface area contributed by atoms with E-state index in [2.05, 4.69) is 95.8 Å². The first kappa shape index (κ1) is 114. The van der Waals surface area contributed by atoms with Gasteiger partial charge in [-0.1, -0.05) is 69.2 Å². The summed E-state index contributed by atoms with van der Waals surface area (Å²) in [5, 5.41) is 41.7. The number of sulfone groups is 4. The average molecular weight is 2040 g/mol. The molecule has 49 heteroatoms. The molecule has 752 valence electrons. The summed E-state index contributed by atoms with van der Waals surface area (Å²) in [6, 6.07) is 12.8. The van der Waals surface area contributed by atoms with Crippen molar-refractivity contribution in [3.05, 3.63) is 169 Å². The molecule has 4 atom stereocenters. The molecule has 12 heterocycles. The maximum Gasteiger partial charge on any atom is 1.00 e. The third-order valence-electron chi connectivity index (χ3n) is 23.7. The Labute approximate surface area is 832 Å². The molecule has 0 bridgehead atoms. The SMILES string of the molecule is CC(=O)OCc1cc2nc3n(c2cc1S(C)(=O)=O)CCN[C@@H]3C(C)C.CCc1cnc(Cl)nc1C.CCc1cnc(N2CCn3c(nc4cc(COC(C)=O)c(S(C)(=O)=O)cc43)[C@H]2C(C)C)nc1C.Cc1nc(N2CCn3c(nc4cc(CO)c(S(C)(=O)=O)cc43)[C@@H]2C(C)C)ncc1C(=O)O.Cc1nc(N2CCn3c(nc4cc(CO)c(S(C)(=O)=O)cc43)[C@H]2C(C)C)ncc1C(=O)O.O=C=O.O=C=O.[Li+].[OH-]. The molecule has 141 heavy (non-hydrogen) atoms. The smallest absolute Gasteiger partial charge is 0.870 e. The number of carboxylic acids is 2. The summed E-state index contributed by atoms with van der Waals surface area (Å²) in [5.41, 5.74) is 12.2. The number of carboxylic acid groups (broad SMARTS) is 2. The van der Waals surface area contributed by atoms with Gasteiger partial charge in [-0.3, -0.25) is 9.59 Å². The third-order valence-corrected chi connectivity index (χ3v) is 28.6.